The average Bonchev–Trinajstić information content (AvgIpc) is 3.16. The van der Waals surface area contributed by atoms with Gasteiger partial charge in [-0.25, -0.2) is 0 Å². The predicted molar refractivity (Wildman–Crippen MR) is 106 cm³/mol. The predicted octanol–water partition coefficient (Wildman–Crippen LogP) is 2.34. The number of aromatic nitrogens is 1. The first-order valence-corrected chi connectivity index (χ1v) is 9.77. The Balaban J connectivity index is 1.29. The van der Waals surface area contributed by atoms with Crippen LogP contribution >= 0.6 is 0 Å². The second-order valence-corrected chi connectivity index (χ2v) is 7.41. The SMILES string of the molecule is C[C@H]1c2cccn2CCN1CC(=O)Nc1ccc(CN2CCOCC2)cc1. The van der Waals surface area contributed by atoms with Gasteiger partial charge in [-0.1, -0.05) is 12.1 Å². The molecule has 0 radical (unpaired) electrons. The maximum Gasteiger partial charge on any atom is 0.238 e. The number of benzene rings is 1. The highest BCUT2D eigenvalue weighted by Crippen LogP contribution is 2.25. The molecule has 0 bridgehead atoms. The number of carbonyl (C=O) groups is 1. The van der Waals surface area contributed by atoms with Crippen molar-refractivity contribution in [2.75, 3.05) is 44.7 Å². The molecule has 6 nitrogen and oxygen atoms in total. The number of hydrogen-bond donors (Lipinski definition) is 1. The first kappa shape index (κ1) is 18.2. The lowest BCUT2D eigenvalue weighted by Crippen LogP contribution is -2.41. The van der Waals surface area contributed by atoms with Gasteiger partial charge in [0.25, 0.3) is 0 Å². The summed E-state index contributed by atoms with van der Waals surface area (Å²) in [5.41, 5.74) is 3.40. The summed E-state index contributed by atoms with van der Waals surface area (Å²) in [6.07, 6.45) is 2.11. The van der Waals surface area contributed by atoms with E-state index in [-0.39, 0.29) is 11.9 Å². The molecular formula is C21H28N4O2. The number of amides is 1. The Morgan fingerprint density at radius 3 is 2.67 bits per heavy atom. The summed E-state index contributed by atoms with van der Waals surface area (Å²) in [6.45, 7) is 8.95. The van der Waals surface area contributed by atoms with Crippen molar-refractivity contribution in [2.45, 2.75) is 26.1 Å². The third-order valence-electron chi connectivity index (χ3n) is 5.56. The van der Waals surface area contributed by atoms with Gasteiger partial charge in [0, 0.05) is 56.3 Å². The number of morpholine rings is 1. The van der Waals surface area contributed by atoms with Crippen LogP contribution in [-0.4, -0.2) is 59.7 Å². The van der Waals surface area contributed by atoms with Crippen LogP contribution in [0.1, 0.15) is 24.2 Å². The van der Waals surface area contributed by atoms with E-state index in [1.54, 1.807) is 0 Å². The minimum absolute atomic E-state index is 0.0442. The van der Waals surface area contributed by atoms with Crippen molar-refractivity contribution in [3.05, 3.63) is 53.9 Å². The number of hydrogen-bond acceptors (Lipinski definition) is 4. The highest BCUT2D eigenvalue weighted by atomic mass is 16.5. The Hall–Kier alpha value is -2.15. The Morgan fingerprint density at radius 1 is 1.11 bits per heavy atom. The van der Waals surface area contributed by atoms with E-state index in [0.717, 1.165) is 51.6 Å². The fourth-order valence-electron chi connectivity index (χ4n) is 3.94. The number of nitrogens with zero attached hydrogens (tertiary/aromatic N) is 3. The number of rotatable bonds is 5. The fraction of sp³-hybridized carbons (Fsp3) is 0.476. The van der Waals surface area contributed by atoms with Gasteiger partial charge in [0.1, 0.15) is 0 Å². The molecule has 2 aromatic rings. The molecule has 0 saturated carbocycles. The average molecular weight is 368 g/mol. The summed E-state index contributed by atoms with van der Waals surface area (Å²) < 4.78 is 7.66. The zero-order valence-electron chi connectivity index (χ0n) is 15.9. The number of nitrogens with one attached hydrogen (secondary N) is 1. The molecule has 4 rings (SSSR count). The largest absolute Gasteiger partial charge is 0.379 e. The Kier molecular flexibility index (Phi) is 5.57. The van der Waals surface area contributed by atoms with Crippen molar-refractivity contribution in [1.29, 1.82) is 0 Å². The van der Waals surface area contributed by atoms with Crippen LogP contribution in [0.4, 0.5) is 5.69 Å². The van der Waals surface area contributed by atoms with Gasteiger partial charge in [-0.2, -0.15) is 0 Å². The van der Waals surface area contributed by atoms with Crippen LogP contribution in [0.25, 0.3) is 0 Å². The standard InChI is InChI=1S/C21H28N4O2/c1-17-20-3-2-8-24(20)9-10-25(17)16-21(26)22-19-6-4-18(5-7-19)15-23-11-13-27-14-12-23/h2-8,17H,9-16H2,1H3,(H,22,26)/t17-/m0/s1. The lowest BCUT2D eigenvalue weighted by Gasteiger charge is -2.34. The van der Waals surface area contributed by atoms with Crippen molar-refractivity contribution in [1.82, 2.24) is 14.4 Å². The van der Waals surface area contributed by atoms with Crippen LogP contribution in [0, 0.1) is 0 Å². The summed E-state index contributed by atoms with van der Waals surface area (Å²) >= 11 is 0. The minimum Gasteiger partial charge on any atom is -0.379 e. The topological polar surface area (TPSA) is 49.7 Å². The van der Waals surface area contributed by atoms with Crippen LogP contribution in [-0.2, 0) is 22.6 Å². The van der Waals surface area contributed by atoms with E-state index in [9.17, 15) is 4.79 Å². The highest BCUT2D eigenvalue weighted by Gasteiger charge is 2.25. The molecule has 0 aliphatic carbocycles. The van der Waals surface area contributed by atoms with Gasteiger partial charge in [0.2, 0.25) is 5.91 Å². The zero-order chi connectivity index (χ0) is 18.6. The first-order chi connectivity index (χ1) is 13.2. The van der Waals surface area contributed by atoms with Crippen LogP contribution in [0.15, 0.2) is 42.6 Å². The van der Waals surface area contributed by atoms with E-state index in [2.05, 4.69) is 57.1 Å². The molecule has 2 aliphatic rings. The van der Waals surface area contributed by atoms with Crippen LogP contribution < -0.4 is 5.32 Å². The van der Waals surface area contributed by atoms with Crippen molar-refractivity contribution in [3.63, 3.8) is 0 Å². The maximum atomic E-state index is 12.5. The van der Waals surface area contributed by atoms with Gasteiger partial charge >= 0.3 is 0 Å². The van der Waals surface area contributed by atoms with E-state index in [4.69, 9.17) is 4.74 Å². The van der Waals surface area contributed by atoms with Gasteiger partial charge < -0.3 is 14.6 Å². The van der Waals surface area contributed by atoms with E-state index >= 15 is 0 Å². The molecule has 1 amide bonds. The summed E-state index contributed by atoms with van der Waals surface area (Å²) in [4.78, 5) is 17.1. The minimum atomic E-state index is 0.0442. The molecule has 27 heavy (non-hydrogen) atoms. The molecule has 0 unspecified atom stereocenters. The quantitative estimate of drug-likeness (QED) is 0.880. The molecule has 2 aliphatic heterocycles. The molecule has 144 valence electrons. The molecule has 1 aromatic carbocycles. The van der Waals surface area contributed by atoms with E-state index < -0.39 is 0 Å². The third kappa shape index (κ3) is 4.40. The third-order valence-corrected chi connectivity index (χ3v) is 5.56. The molecule has 1 atom stereocenters. The zero-order valence-corrected chi connectivity index (χ0v) is 15.9. The van der Waals surface area contributed by atoms with Gasteiger partial charge in [0.15, 0.2) is 0 Å². The normalized spacial score (nSPS) is 21.0. The summed E-state index contributed by atoms with van der Waals surface area (Å²) in [7, 11) is 0. The molecule has 0 spiro atoms. The smallest absolute Gasteiger partial charge is 0.238 e. The molecule has 1 fully saturated rings. The lowest BCUT2D eigenvalue weighted by atomic mass is 10.1. The van der Waals surface area contributed by atoms with Crippen molar-refractivity contribution in [2.24, 2.45) is 0 Å². The van der Waals surface area contributed by atoms with Crippen LogP contribution in [0.2, 0.25) is 0 Å². The second-order valence-electron chi connectivity index (χ2n) is 7.41. The molecule has 1 aromatic heterocycles. The summed E-state index contributed by atoms with van der Waals surface area (Å²) in [5.74, 6) is 0.0442. The van der Waals surface area contributed by atoms with Gasteiger partial charge in [-0.3, -0.25) is 14.6 Å². The number of carbonyl (C=O) groups excluding carboxylic acids is 1. The maximum absolute atomic E-state index is 12.5. The van der Waals surface area contributed by atoms with Crippen molar-refractivity contribution in [3.8, 4) is 0 Å². The molecule has 1 N–H and O–H groups in total. The monoisotopic (exact) mass is 368 g/mol. The van der Waals surface area contributed by atoms with Crippen molar-refractivity contribution < 1.29 is 9.53 Å². The van der Waals surface area contributed by atoms with E-state index in [0.29, 0.717) is 6.54 Å². The van der Waals surface area contributed by atoms with Crippen LogP contribution in [0.5, 0.6) is 0 Å². The highest BCUT2D eigenvalue weighted by molar-refractivity contribution is 5.92. The molecular weight excluding hydrogens is 340 g/mol. The second kappa shape index (κ2) is 8.25. The van der Waals surface area contributed by atoms with Gasteiger partial charge in [-0.15, -0.1) is 0 Å². The Labute approximate surface area is 160 Å². The van der Waals surface area contributed by atoms with E-state index in [1.807, 2.05) is 12.1 Å². The van der Waals surface area contributed by atoms with Crippen LogP contribution in [0.3, 0.4) is 0 Å². The van der Waals surface area contributed by atoms with Crippen molar-refractivity contribution >= 4 is 11.6 Å². The molecule has 3 heterocycles. The summed E-state index contributed by atoms with van der Waals surface area (Å²) in [6, 6.07) is 12.7. The number of fused-ring (bicyclic) bond motifs is 1. The van der Waals surface area contributed by atoms with Gasteiger partial charge in [0.05, 0.1) is 19.8 Å². The number of ether oxygens (including phenoxy) is 1. The first-order valence-electron chi connectivity index (χ1n) is 9.77. The Bertz CT molecular complexity index is 765. The fourth-order valence-corrected chi connectivity index (χ4v) is 3.94. The van der Waals surface area contributed by atoms with E-state index in [1.165, 1.54) is 11.3 Å². The molecule has 1 saturated heterocycles. The van der Waals surface area contributed by atoms with Gasteiger partial charge in [-0.05, 0) is 36.8 Å². The summed E-state index contributed by atoms with van der Waals surface area (Å²) in [5, 5.41) is 3.04. The number of anilines is 1. The molecule has 6 heteroatoms. The lowest BCUT2D eigenvalue weighted by molar-refractivity contribution is -0.118. The Morgan fingerprint density at radius 2 is 1.89 bits per heavy atom.